The highest BCUT2D eigenvalue weighted by atomic mass is 16.5. The summed E-state index contributed by atoms with van der Waals surface area (Å²) in [6.07, 6.45) is 2.88. The molecule has 90 valence electrons. The van der Waals surface area contributed by atoms with Crippen molar-refractivity contribution in [1.82, 2.24) is 0 Å². The first-order valence-electron chi connectivity index (χ1n) is 5.85. The lowest BCUT2D eigenvalue weighted by Gasteiger charge is -2.30. The molecule has 0 aliphatic rings. The van der Waals surface area contributed by atoms with Crippen molar-refractivity contribution in [2.45, 2.75) is 59.0 Å². The molecule has 0 aliphatic heterocycles. The number of hydrogen-bond acceptors (Lipinski definition) is 2. The first-order chi connectivity index (χ1) is 6.98. The van der Waals surface area contributed by atoms with E-state index in [1.807, 2.05) is 27.7 Å². The van der Waals surface area contributed by atoms with Crippen molar-refractivity contribution < 1.29 is 14.6 Å². The lowest BCUT2D eigenvalue weighted by atomic mass is 9.92. The SMILES string of the molecule is CCCC(CCC)(OCC(C)C)C(=O)O. The maximum absolute atomic E-state index is 11.3. The van der Waals surface area contributed by atoms with Crippen LogP contribution in [0, 0.1) is 5.92 Å². The number of carboxylic acid groups (broad SMARTS) is 1. The van der Waals surface area contributed by atoms with E-state index in [2.05, 4.69) is 0 Å². The summed E-state index contributed by atoms with van der Waals surface area (Å²) in [7, 11) is 0. The third-order valence-electron chi connectivity index (χ3n) is 2.39. The highest BCUT2D eigenvalue weighted by Crippen LogP contribution is 2.25. The molecular weight excluding hydrogens is 192 g/mol. The molecule has 0 rings (SSSR count). The van der Waals surface area contributed by atoms with Crippen LogP contribution >= 0.6 is 0 Å². The van der Waals surface area contributed by atoms with Gasteiger partial charge in [-0.15, -0.1) is 0 Å². The highest BCUT2D eigenvalue weighted by Gasteiger charge is 2.37. The first kappa shape index (κ1) is 14.4. The fraction of sp³-hybridized carbons (Fsp3) is 0.917. The molecule has 1 N–H and O–H groups in total. The lowest BCUT2D eigenvalue weighted by Crippen LogP contribution is -2.42. The molecule has 3 nitrogen and oxygen atoms in total. The third-order valence-corrected chi connectivity index (χ3v) is 2.39. The van der Waals surface area contributed by atoms with Gasteiger partial charge in [0.2, 0.25) is 0 Å². The Morgan fingerprint density at radius 2 is 1.73 bits per heavy atom. The average molecular weight is 216 g/mol. The second-order valence-electron chi connectivity index (χ2n) is 4.50. The molecule has 0 fully saturated rings. The Hall–Kier alpha value is -0.570. The fourth-order valence-corrected chi connectivity index (χ4v) is 1.68. The normalized spacial score (nSPS) is 12.1. The van der Waals surface area contributed by atoms with Gasteiger partial charge in [-0.05, 0) is 18.8 Å². The largest absolute Gasteiger partial charge is 0.479 e. The highest BCUT2D eigenvalue weighted by molar-refractivity contribution is 5.77. The molecule has 0 aromatic heterocycles. The van der Waals surface area contributed by atoms with Gasteiger partial charge in [0.25, 0.3) is 0 Å². The molecule has 15 heavy (non-hydrogen) atoms. The van der Waals surface area contributed by atoms with Gasteiger partial charge in [-0.2, -0.15) is 0 Å². The van der Waals surface area contributed by atoms with Crippen molar-refractivity contribution in [3.8, 4) is 0 Å². The zero-order chi connectivity index (χ0) is 11.9. The third kappa shape index (κ3) is 4.65. The van der Waals surface area contributed by atoms with E-state index < -0.39 is 11.6 Å². The molecule has 0 radical (unpaired) electrons. The van der Waals surface area contributed by atoms with Crippen LogP contribution in [0.25, 0.3) is 0 Å². The van der Waals surface area contributed by atoms with Gasteiger partial charge in [-0.1, -0.05) is 40.5 Å². The van der Waals surface area contributed by atoms with Crippen molar-refractivity contribution in [2.24, 2.45) is 5.92 Å². The minimum absolute atomic E-state index is 0.373. The van der Waals surface area contributed by atoms with Gasteiger partial charge in [0, 0.05) is 0 Å². The summed E-state index contributed by atoms with van der Waals surface area (Å²) < 4.78 is 5.63. The second-order valence-corrected chi connectivity index (χ2v) is 4.50. The van der Waals surface area contributed by atoms with Crippen LogP contribution in [0.2, 0.25) is 0 Å². The predicted octanol–water partition coefficient (Wildman–Crippen LogP) is 3.08. The molecule has 0 aromatic carbocycles. The van der Waals surface area contributed by atoms with Crippen LogP contribution in [0.4, 0.5) is 0 Å². The molecule has 0 saturated carbocycles. The molecule has 0 aromatic rings. The van der Waals surface area contributed by atoms with Crippen LogP contribution in [0.15, 0.2) is 0 Å². The van der Waals surface area contributed by atoms with E-state index in [1.54, 1.807) is 0 Å². The summed E-state index contributed by atoms with van der Waals surface area (Å²) in [5, 5.41) is 9.27. The van der Waals surface area contributed by atoms with Crippen LogP contribution in [-0.2, 0) is 9.53 Å². The number of carbonyl (C=O) groups is 1. The van der Waals surface area contributed by atoms with Crippen LogP contribution in [-0.4, -0.2) is 23.3 Å². The first-order valence-corrected chi connectivity index (χ1v) is 5.85. The van der Waals surface area contributed by atoms with Gasteiger partial charge >= 0.3 is 5.97 Å². The fourth-order valence-electron chi connectivity index (χ4n) is 1.68. The van der Waals surface area contributed by atoms with E-state index in [4.69, 9.17) is 4.74 Å². The number of aliphatic carboxylic acids is 1. The molecular formula is C12H24O3. The van der Waals surface area contributed by atoms with Crippen LogP contribution in [0.3, 0.4) is 0 Å². The number of carboxylic acids is 1. The smallest absolute Gasteiger partial charge is 0.335 e. The zero-order valence-corrected chi connectivity index (χ0v) is 10.4. The Balaban J connectivity index is 4.54. The van der Waals surface area contributed by atoms with Crippen LogP contribution in [0.5, 0.6) is 0 Å². The summed E-state index contributed by atoms with van der Waals surface area (Å²) in [5.74, 6) is -0.440. The molecule has 0 amide bonds. The summed E-state index contributed by atoms with van der Waals surface area (Å²) >= 11 is 0. The monoisotopic (exact) mass is 216 g/mol. The standard InChI is InChI=1S/C12H24O3/c1-5-7-12(8-6-2,11(13)14)15-9-10(3)4/h10H,5-9H2,1-4H3,(H,13,14). The van der Waals surface area contributed by atoms with E-state index in [-0.39, 0.29) is 0 Å². The summed E-state index contributed by atoms with van der Waals surface area (Å²) in [6.45, 7) is 8.57. The summed E-state index contributed by atoms with van der Waals surface area (Å²) in [6, 6.07) is 0. The predicted molar refractivity (Wildman–Crippen MR) is 61.0 cm³/mol. The minimum Gasteiger partial charge on any atom is -0.479 e. The Labute approximate surface area is 92.8 Å². The molecule has 0 unspecified atom stereocenters. The van der Waals surface area contributed by atoms with Gasteiger partial charge in [0.05, 0.1) is 6.61 Å². The molecule has 0 aliphatic carbocycles. The van der Waals surface area contributed by atoms with E-state index >= 15 is 0 Å². The number of ether oxygens (including phenoxy) is 1. The molecule has 0 spiro atoms. The quantitative estimate of drug-likeness (QED) is 0.678. The Bertz CT molecular complexity index is 181. The Morgan fingerprint density at radius 1 is 1.27 bits per heavy atom. The molecule has 0 atom stereocenters. The molecule has 0 bridgehead atoms. The van der Waals surface area contributed by atoms with E-state index in [9.17, 15) is 9.90 Å². The van der Waals surface area contributed by atoms with E-state index in [1.165, 1.54) is 0 Å². The number of hydrogen-bond donors (Lipinski definition) is 1. The van der Waals surface area contributed by atoms with Gasteiger partial charge < -0.3 is 9.84 Å². The molecule has 0 heterocycles. The minimum atomic E-state index is -0.951. The van der Waals surface area contributed by atoms with Gasteiger partial charge in [-0.3, -0.25) is 0 Å². The maximum atomic E-state index is 11.3. The lowest BCUT2D eigenvalue weighted by molar-refractivity contribution is -0.170. The van der Waals surface area contributed by atoms with E-state index in [0.717, 1.165) is 12.8 Å². The summed E-state index contributed by atoms with van der Waals surface area (Å²) in [4.78, 5) is 11.3. The number of rotatable bonds is 8. The van der Waals surface area contributed by atoms with Crippen molar-refractivity contribution in [1.29, 1.82) is 0 Å². The average Bonchev–Trinajstić information content (AvgIpc) is 2.14. The van der Waals surface area contributed by atoms with Gasteiger partial charge in [0.15, 0.2) is 5.60 Å². The van der Waals surface area contributed by atoms with Crippen molar-refractivity contribution in [3.05, 3.63) is 0 Å². The van der Waals surface area contributed by atoms with Gasteiger partial charge in [-0.25, -0.2) is 4.79 Å². The van der Waals surface area contributed by atoms with Crippen molar-refractivity contribution >= 4 is 5.97 Å². The Kier molecular flexibility index (Phi) is 6.57. The van der Waals surface area contributed by atoms with E-state index in [0.29, 0.717) is 25.4 Å². The summed E-state index contributed by atoms with van der Waals surface area (Å²) in [5.41, 5.74) is -0.951. The van der Waals surface area contributed by atoms with Crippen molar-refractivity contribution in [2.75, 3.05) is 6.61 Å². The Morgan fingerprint density at radius 3 is 2.00 bits per heavy atom. The van der Waals surface area contributed by atoms with Crippen molar-refractivity contribution in [3.63, 3.8) is 0 Å². The van der Waals surface area contributed by atoms with Crippen LogP contribution < -0.4 is 0 Å². The topological polar surface area (TPSA) is 46.5 Å². The van der Waals surface area contributed by atoms with Gasteiger partial charge in [0.1, 0.15) is 0 Å². The maximum Gasteiger partial charge on any atom is 0.335 e. The second kappa shape index (κ2) is 6.83. The zero-order valence-electron chi connectivity index (χ0n) is 10.4. The molecule has 3 heteroatoms. The van der Waals surface area contributed by atoms with Crippen LogP contribution in [0.1, 0.15) is 53.4 Å². The molecule has 0 saturated heterocycles.